The first-order valence-electron chi connectivity index (χ1n) is 4.79. The van der Waals surface area contributed by atoms with Gasteiger partial charge in [0.1, 0.15) is 10.0 Å². The SMILES string of the molecule is Cc1cc(S(=O)(=O)Nc2ccc(Cl)cn2)sc1Br. The van der Waals surface area contributed by atoms with Crippen LogP contribution in [0.15, 0.2) is 32.4 Å². The quantitative estimate of drug-likeness (QED) is 0.900. The maximum Gasteiger partial charge on any atom is 0.272 e. The second-order valence-corrected chi connectivity index (χ2v) is 8.21. The molecule has 0 aliphatic rings. The van der Waals surface area contributed by atoms with Crippen LogP contribution in [0.5, 0.6) is 0 Å². The summed E-state index contributed by atoms with van der Waals surface area (Å²) in [5.41, 5.74) is 0.879. The minimum atomic E-state index is -3.59. The number of hydrogen-bond donors (Lipinski definition) is 1. The maximum atomic E-state index is 12.1. The third-order valence-electron chi connectivity index (χ3n) is 2.07. The first-order chi connectivity index (χ1) is 8.38. The number of aryl methyl sites for hydroxylation is 1. The highest BCUT2D eigenvalue weighted by molar-refractivity contribution is 9.11. The average Bonchev–Trinajstić information content (AvgIpc) is 2.63. The van der Waals surface area contributed by atoms with Crippen LogP contribution in [0.1, 0.15) is 5.56 Å². The van der Waals surface area contributed by atoms with E-state index < -0.39 is 10.0 Å². The Morgan fingerprint density at radius 1 is 1.44 bits per heavy atom. The third-order valence-corrected chi connectivity index (χ3v) is 6.25. The van der Waals surface area contributed by atoms with E-state index in [9.17, 15) is 8.42 Å². The molecule has 0 aromatic carbocycles. The fraction of sp³-hybridized carbons (Fsp3) is 0.100. The van der Waals surface area contributed by atoms with Crippen molar-refractivity contribution in [2.24, 2.45) is 0 Å². The van der Waals surface area contributed by atoms with E-state index in [-0.39, 0.29) is 10.0 Å². The molecule has 2 aromatic heterocycles. The summed E-state index contributed by atoms with van der Waals surface area (Å²) in [5, 5.41) is 0.452. The van der Waals surface area contributed by atoms with Gasteiger partial charge in [-0.2, -0.15) is 0 Å². The van der Waals surface area contributed by atoms with Gasteiger partial charge in [0.2, 0.25) is 0 Å². The standard InChI is InChI=1S/C10H8BrClN2O2S2/c1-6-4-9(17-10(6)11)18(15,16)14-8-3-2-7(12)5-13-8/h2-5H,1H3,(H,13,14). The molecule has 0 aliphatic carbocycles. The Bertz CT molecular complexity index is 648. The Balaban J connectivity index is 2.29. The van der Waals surface area contributed by atoms with Gasteiger partial charge in [0.15, 0.2) is 0 Å². The van der Waals surface area contributed by atoms with E-state index in [4.69, 9.17) is 11.6 Å². The van der Waals surface area contributed by atoms with E-state index in [1.54, 1.807) is 12.1 Å². The molecule has 1 N–H and O–H groups in total. The van der Waals surface area contributed by atoms with Crippen LogP contribution in [0.2, 0.25) is 5.02 Å². The molecule has 2 aromatic rings. The van der Waals surface area contributed by atoms with Crippen molar-refractivity contribution in [1.82, 2.24) is 4.98 Å². The molecule has 0 spiro atoms. The van der Waals surface area contributed by atoms with Crippen molar-refractivity contribution in [3.8, 4) is 0 Å². The number of nitrogens with zero attached hydrogens (tertiary/aromatic N) is 1. The van der Waals surface area contributed by atoms with Crippen molar-refractivity contribution in [3.05, 3.63) is 38.8 Å². The Hall–Kier alpha value is -0.630. The molecule has 2 rings (SSSR count). The van der Waals surface area contributed by atoms with Crippen LogP contribution in [0.25, 0.3) is 0 Å². The number of sulfonamides is 1. The topological polar surface area (TPSA) is 59.1 Å². The molecule has 2 heterocycles. The molecule has 8 heteroatoms. The van der Waals surface area contributed by atoms with Crippen LogP contribution >= 0.6 is 38.9 Å². The fourth-order valence-electron chi connectivity index (χ4n) is 1.19. The number of thiophene rings is 1. The highest BCUT2D eigenvalue weighted by atomic mass is 79.9. The Labute approximate surface area is 122 Å². The van der Waals surface area contributed by atoms with Crippen LogP contribution < -0.4 is 4.72 Å². The van der Waals surface area contributed by atoms with E-state index >= 15 is 0 Å². The zero-order chi connectivity index (χ0) is 13.3. The Morgan fingerprint density at radius 3 is 2.67 bits per heavy atom. The Kier molecular flexibility index (Phi) is 3.96. The predicted molar refractivity (Wildman–Crippen MR) is 76.8 cm³/mol. The van der Waals surface area contributed by atoms with Crippen molar-refractivity contribution in [1.29, 1.82) is 0 Å². The fourth-order valence-corrected chi connectivity index (χ4v) is 4.53. The first kappa shape index (κ1) is 13.8. The summed E-state index contributed by atoms with van der Waals surface area (Å²) in [6.45, 7) is 1.83. The normalized spacial score (nSPS) is 11.5. The molecule has 0 aliphatic heterocycles. The highest BCUT2D eigenvalue weighted by Gasteiger charge is 2.18. The number of nitrogens with one attached hydrogen (secondary N) is 1. The van der Waals surface area contributed by atoms with Crippen LogP contribution in [-0.2, 0) is 10.0 Å². The summed E-state index contributed by atoms with van der Waals surface area (Å²) < 4.78 is 27.5. The van der Waals surface area contributed by atoms with Crippen molar-refractivity contribution in [2.45, 2.75) is 11.1 Å². The van der Waals surface area contributed by atoms with E-state index in [2.05, 4.69) is 25.6 Å². The van der Waals surface area contributed by atoms with Crippen LogP contribution in [0.4, 0.5) is 5.82 Å². The van der Waals surface area contributed by atoms with E-state index in [1.165, 1.54) is 12.3 Å². The van der Waals surface area contributed by atoms with Crippen LogP contribution in [0.3, 0.4) is 0 Å². The van der Waals surface area contributed by atoms with Gasteiger partial charge in [-0.25, -0.2) is 13.4 Å². The number of pyridine rings is 1. The molecular weight excluding hydrogens is 360 g/mol. The number of rotatable bonds is 3. The van der Waals surface area contributed by atoms with Crippen molar-refractivity contribution in [2.75, 3.05) is 4.72 Å². The van der Waals surface area contributed by atoms with E-state index in [0.717, 1.165) is 20.7 Å². The molecule has 0 radical (unpaired) electrons. The lowest BCUT2D eigenvalue weighted by Crippen LogP contribution is -2.12. The predicted octanol–water partition coefficient (Wildman–Crippen LogP) is 3.67. The van der Waals surface area contributed by atoms with Crippen molar-refractivity contribution in [3.63, 3.8) is 0 Å². The smallest absolute Gasteiger partial charge is 0.263 e. The lowest BCUT2D eigenvalue weighted by Gasteiger charge is -2.04. The summed E-state index contributed by atoms with van der Waals surface area (Å²) in [4.78, 5) is 3.89. The second-order valence-electron chi connectivity index (χ2n) is 3.49. The van der Waals surface area contributed by atoms with Crippen molar-refractivity contribution < 1.29 is 8.42 Å². The summed E-state index contributed by atoms with van der Waals surface area (Å²) in [5.74, 6) is 0.238. The summed E-state index contributed by atoms with van der Waals surface area (Å²) in [6.07, 6.45) is 1.38. The molecule has 0 saturated carbocycles. The molecule has 0 atom stereocenters. The minimum absolute atomic E-state index is 0.238. The monoisotopic (exact) mass is 366 g/mol. The lowest BCUT2D eigenvalue weighted by molar-refractivity contribution is 0.603. The maximum absolute atomic E-state index is 12.1. The Morgan fingerprint density at radius 2 is 2.17 bits per heavy atom. The highest BCUT2D eigenvalue weighted by Crippen LogP contribution is 2.31. The molecule has 0 fully saturated rings. The third kappa shape index (κ3) is 3.03. The van der Waals surface area contributed by atoms with Gasteiger partial charge in [-0.05, 0) is 46.6 Å². The van der Waals surface area contributed by atoms with Crippen LogP contribution in [-0.4, -0.2) is 13.4 Å². The summed E-state index contributed by atoms with van der Waals surface area (Å²) in [6, 6.07) is 4.68. The number of anilines is 1. The van der Waals surface area contributed by atoms with Gasteiger partial charge in [0.25, 0.3) is 10.0 Å². The molecule has 18 heavy (non-hydrogen) atoms. The van der Waals surface area contributed by atoms with Crippen molar-refractivity contribution >= 4 is 54.7 Å². The largest absolute Gasteiger partial charge is 0.272 e. The zero-order valence-electron chi connectivity index (χ0n) is 9.15. The van der Waals surface area contributed by atoms with Gasteiger partial charge in [-0.1, -0.05) is 11.6 Å². The average molecular weight is 368 g/mol. The van der Waals surface area contributed by atoms with Gasteiger partial charge in [0, 0.05) is 6.20 Å². The van der Waals surface area contributed by atoms with Gasteiger partial charge >= 0.3 is 0 Å². The zero-order valence-corrected chi connectivity index (χ0v) is 13.1. The first-order valence-corrected chi connectivity index (χ1v) is 8.26. The van der Waals surface area contributed by atoms with E-state index in [1.807, 2.05) is 6.92 Å². The number of hydrogen-bond acceptors (Lipinski definition) is 4. The number of halogens is 2. The minimum Gasteiger partial charge on any atom is -0.263 e. The number of aromatic nitrogens is 1. The molecule has 0 unspecified atom stereocenters. The second kappa shape index (κ2) is 5.16. The molecule has 96 valence electrons. The lowest BCUT2D eigenvalue weighted by atomic mass is 10.4. The molecule has 0 bridgehead atoms. The van der Waals surface area contributed by atoms with Crippen LogP contribution in [0, 0.1) is 6.92 Å². The molecule has 4 nitrogen and oxygen atoms in total. The molecule has 0 amide bonds. The summed E-state index contributed by atoms with van der Waals surface area (Å²) in [7, 11) is -3.59. The molecule has 0 saturated heterocycles. The molecular formula is C10H8BrClN2O2S2. The summed E-state index contributed by atoms with van der Waals surface area (Å²) >= 11 is 10.1. The van der Waals surface area contributed by atoms with E-state index in [0.29, 0.717) is 5.02 Å². The van der Waals surface area contributed by atoms with Gasteiger partial charge in [-0.3, -0.25) is 4.72 Å². The van der Waals surface area contributed by atoms with Gasteiger partial charge in [0.05, 0.1) is 8.81 Å². The van der Waals surface area contributed by atoms with Gasteiger partial charge < -0.3 is 0 Å². The van der Waals surface area contributed by atoms with Gasteiger partial charge in [-0.15, -0.1) is 11.3 Å².